The standard InChI is InChI=1S/C15H22N2O2/c1-13(12-17-10-6-3-7-11-17)19-15(18)16-14-8-4-2-5-9-14/h2,4-5,8-9,13H,3,6-7,10-12H2,1H3,(H,16,18)/t13-/m1/s1. The first kappa shape index (κ1) is 13.9. The summed E-state index contributed by atoms with van der Waals surface area (Å²) in [4.78, 5) is 14.1. The molecule has 4 nitrogen and oxygen atoms in total. The Hall–Kier alpha value is -1.55. The van der Waals surface area contributed by atoms with Gasteiger partial charge in [-0.25, -0.2) is 4.79 Å². The fourth-order valence-corrected chi connectivity index (χ4v) is 2.39. The molecule has 0 saturated carbocycles. The zero-order valence-electron chi connectivity index (χ0n) is 11.5. The molecule has 1 amide bonds. The Labute approximate surface area is 114 Å². The maximum absolute atomic E-state index is 11.7. The predicted molar refractivity (Wildman–Crippen MR) is 76.3 cm³/mol. The van der Waals surface area contributed by atoms with Gasteiger partial charge in [0.2, 0.25) is 0 Å². The van der Waals surface area contributed by atoms with E-state index in [1.165, 1.54) is 19.3 Å². The van der Waals surface area contributed by atoms with E-state index < -0.39 is 0 Å². The van der Waals surface area contributed by atoms with E-state index in [0.717, 1.165) is 25.3 Å². The highest BCUT2D eigenvalue weighted by molar-refractivity contribution is 5.84. The van der Waals surface area contributed by atoms with Gasteiger partial charge in [0.05, 0.1) is 0 Å². The monoisotopic (exact) mass is 262 g/mol. The Balaban J connectivity index is 1.72. The number of hydrogen-bond acceptors (Lipinski definition) is 3. The van der Waals surface area contributed by atoms with Gasteiger partial charge >= 0.3 is 6.09 Å². The molecular weight excluding hydrogens is 240 g/mol. The predicted octanol–water partition coefficient (Wildman–Crippen LogP) is 3.11. The summed E-state index contributed by atoms with van der Waals surface area (Å²) in [6, 6.07) is 9.36. The van der Waals surface area contributed by atoms with Crippen LogP contribution in [0.3, 0.4) is 0 Å². The van der Waals surface area contributed by atoms with Crippen LogP contribution in [0.2, 0.25) is 0 Å². The molecule has 1 saturated heterocycles. The molecule has 1 fully saturated rings. The number of para-hydroxylation sites is 1. The van der Waals surface area contributed by atoms with Gasteiger partial charge in [-0.05, 0) is 45.0 Å². The SMILES string of the molecule is C[C@H](CN1CCCCC1)OC(=O)Nc1ccccc1. The maximum Gasteiger partial charge on any atom is 0.411 e. The Kier molecular flexibility index (Phi) is 5.21. The lowest BCUT2D eigenvalue weighted by molar-refractivity contribution is 0.0833. The molecule has 19 heavy (non-hydrogen) atoms. The van der Waals surface area contributed by atoms with E-state index in [4.69, 9.17) is 4.74 Å². The summed E-state index contributed by atoms with van der Waals surface area (Å²) in [5.41, 5.74) is 0.762. The van der Waals surface area contributed by atoms with Gasteiger partial charge < -0.3 is 4.74 Å². The molecule has 104 valence electrons. The number of anilines is 1. The molecule has 0 bridgehead atoms. The first-order valence-corrected chi connectivity index (χ1v) is 6.99. The number of piperidine rings is 1. The molecule has 1 N–H and O–H groups in total. The van der Waals surface area contributed by atoms with Crippen molar-refractivity contribution in [3.05, 3.63) is 30.3 Å². The summed E-state index contributed by atoms with van der Waals surface area (Å²) in [6.45, 7) is 5.00. The highest BCUT2D eigenvalue weighted by Crippen LogP contribution is 2.11. The first-order valence-electron chi connectivity index (χ1n) is 6.99. The van der Waals surface area contributed by atoms with Gasteiger partial charge in [0.25, 0.3) is 0 Å². The minimum Gasteiger partial charge on any atom is -0.445 e. The number of rotatable bonds is 4. The van der Waals surface area contributed by atoms with Crippen LogP contribution >= 0.6 is 0 Å². The zero-order chi connectivity index (χ0) is 13.5. The number of likely N-dealkylation sites (tertiary alicyclic amines) is 1. The van der Waals surface area contributed by atoms with Crippen molar-refractivity contribution in [2.75, 3.05) is 25.0 Å². The third-order valence-corrected chi connectivity index (χ3v) is 3.29. The summed E-state index contributed by atoms with van der Waals surface area (Å²) in [5.74, 6) is 0. The van der Waals surface area contributed by atoms with Crippen molar-refractivity contribution in [3.63, 3.8) is 0 Å². The van der Waals surface area contributed by atoms with E-state index in [2.05, 4.69) is 10.2 Å². The van der Waals surface area contributed by atoms with Crippen LogP contribution < -0.4 is 5.32 Å². The topological polar surface area (TPSA) is 41.6 Å². The molecule has 1 aliphatic rings. The summed E-state index contributed by atoms with van der Waals surface area (Å²) < 4.78 is 5.37. The smallest absolute Gasteiger partial charge is 0.411 e. The van der Waals surface area contributed by atoms with Crippen molar-refractivity contribution in [3.8, 4) is 0 Å². The van der Waals surface area contributed by atoms with Crippen molar-refractivity contribution >= 4 is 11.8 Å². The van der Waals surface area contributed by atoms with Crippen LogP contribution in [0.25, 0.3) is 0 Å². The maximum atomic E-state index is 11.7. The number of amides is 1. The van der Waals surface area contributed by atoms with Crippen molar-refractivity contribution in [1.29, 1.82) is 0 Å². The first-order chi connectivity index (χ1) is 9.24. The van der Waals surface area contributed by atoms with Crippen LogP contribution in [0.5, 0.6) is 0 Å². The largest absolute Gasteiger partial charge is 0.445 e. The van der Waals surface area contributed by atoms with Crippen LogP contribution in [0.1, 0.15) is 26.2 Å². The third-order valence-electron chi connectivity index (χ3n) is 3.29. The molecule has 4 heteroatoms. The van der Waals surface area contributed by atoms with Crippen LogP contribution in [0.4, 0.5) is 10.5 Å². The zero-order valence-corrected chi connectivity index (χ0v) is 11.5. The molecule has 0 unspecified atom stereocenters. The van der Waals surface area contributed by atoms with E-state index in [1.54, 1.807) is 0 Å². The molecule has 1 aromatic rings. The van der Waals surface area contributed by atoms with Gasteiger partial charge in [0.1, 0.15) is 6.10 Å². The quantitative estimate of drug-likeness (QED) is 0.906. The number of carbonyl (C=O) groups excluding carboxylic acids is 1. The normalized spacial score (nSPS) is 17.7. The number of carbonyl (C=O) groups is 1. The molecular formula is C15H22N2O2. The lowest BCUT2D eigenvalue weighted by Gasteiger charge is -2.28. The van der Waals surface area contributed by atoms with E-state index >= 15 is 0 Å². The lowest BCUT2D eigenvalue weighted by atomic mass is 10.1. The van der Waals surface area contributed by atoms with Crippen molar-refractivity contribution < 1.29 is 9.53 Å². The average molecular weight is 262 g/mol. The number of nitrogens with one attached hydrogen (secondary N) is 1. The second kappa shape index (κ2) is 7.14. The molecule has 0 spiro atoms. The summed E-state index contributed by atoms with van der Waals surface area (Å²) in [6.07, 6.45) is 3.36. The van der Waals surface area contributed by atoms with Gasteiger partial charge in [-0.2, -0.15) is 0 Å². The van der Waals surface area contributed by atoms with Crippen LogP contribution in [0.15, 0.2) is 30.3 Å². The van der Waals surface area contributed by atoms with E-state index in [9.17, 15) is 4.79 Å². The minimum absolute atomic E-state index is 0.0817. The molecule has 0 aliphatic carbocycles. The molecule has 1 aliphatic heterocycles. The molecule has 0 aromatic heterocycles. The molecule has 2 rings (SSSR count). The highest BCUT2D eigenvalue weighted by Gasteiger charge is 2.16. The Morgan fingerprint density at radius 3 is 2.63 bits per heavy atom. The molecule has 1 heterocycles. The van der Waals surface area contributed by atoms with E-state index in [0.29, 0.717) is 0 Å². The van der Waals surface area contributed by atoms with Crippen LogP contribution in [0, 0.1) is 0 Å². The molecule has 0 radical (unpaired) electrons. The van der Waals surface area contributed by atoms with Gasteiger partial charge in [-0.1, -0.05) is 24.6 Å². The van der Waals surface area contributed by atoms with Crippen molar-refractivity contribution in [2.45, 2.75) is 32.3 Å². The second-order valence-corrected chi connectivity index (χ2v) is 5.07. The Morgan fingerprint density at radius 1 is 1.26 bits per heavy atom. The lowest BCUT2D eigenvalue weighted by Crippen LogP contribution is -2.37. The van der Waals surface area contributed by atoms with Gasteiger partial charge in [0, 0.05) is 12.2 Å². The van der Waals surface area contributed by atoms with E-state index in [-0.39, 0.29) is 12.2 Å². The van der Waals surface area contributed by atoms with Gasteiger partial charge in [0.15, 0.2) is 0 Å². The van der Waals surface area contributed by atoms with Crippen LogP contribution in [-0.2, 0) is 4.74 Å². The highest BCUT2D eigenvalue weighted by atomic mass is 16.6. The van der Waals surface area contributed by atoms with Crippen LogP contribution in [-0.4, -0.2) is 36.7 Å². The Morgan fingerprint density at radius 2 is 1.95 bits per heavy atom. The van der Waals surface area contributed by atoms with Gasteiger partial charge in [-0.15, -0.1) is 0 Å². The van der Waals surface area contributed by atoms with Crippen molar-refractivity contribution in [1.82, 2.24) is 4.90 Å². The Bertz CT molecular complexity index is 388. The summed E-state index contributed by atoms with van der Waals surface area (Å²) in [7, 11) is 0. The number of ether oxygens (including phenoxy) is 1. The van der Waals surface area contributed by atoms with Crippen molar-refractivity contribution in [2.24, 2.45) is 0 Å². The number of nitrogens with zero attached hydrogens (tertiary/aromatic N) is 1. The number of benzene rings is 1. The fourth-order valence-electron chi connectivity index (χ4n) is 2.39. The second-order valence-electron chi connectivity index (χ2n) is 5.07. The number of hydrogen-bond donors (Lipinski definition) is 1. The van der Waals surface area contributed by atoms with Gasteiger partial charge in [-0.3, -0.25) is 10.2 Å². The van der Waals surface area contributed by atoms with E-state index in [1.807, 2.05) is 37.3 Å². The average Bonchev–Trinajstić information content (AvgIpc) is 2.40. The fraction of sp³-hybridized carbons (Fsp3) is 0.533. The molecule has 1 atom stereocenters. The summed E-state index contributed by atoms with van der Waals surface area (Å²) >= 11 is 0. The summed E-state index contributed by atoms with van der Waals surface area (Å²) in [5, 5.41) is 2.73. The third kappa shape index (κ3) is 4.91. The molecule has 1 aromatic carbocycles. The minimum atomic E-state index is -0.379.